The summed E-state index contributed by atoms with van der Waals surface area (Å²) >= 11 is 0. The number of hydrogen-bond acceptors (Lipinski definition) is 5. The molecule has 0 radical (unpaired) electrons. The number of aliphatic hydroxyl groups is 2. The van der Waals surface area contributed by atoms with Crippen LogP contribution in [-0.2, 0) is 14.3 Å². The van der Waals surface area contributed by atoms with Crippen LogP contribution < -0.4 is 0 Å². The fourth-order valence-corrected chi connectivity index (χ4v) is 7.82. The average molecular weight is 366 g/mol. The van der Waals surface area contributed by atoms with Crippen LogP contribution in [0.5, 0.6) is 0 Å². The lowest BCUT2D eigenvalue weighted by molar-refractivity contribution is -0.188. The van der Waals surface area contributed by atoms with E-state index in [2.05, 4.69) is 6.92 Å². The van der Waals surface area contributed by atoms with Crippen LogP contribution in [0.2, 0.25) is 0 Å². The van der Waals surface area contributed by atoms with Crippen LogP contribution in [-0.4, -0.2) is 50.0 Å². The van der Waals surface area contributed by atoms with Crippen molar-refractivity contribution >= 4 is 5.97 Å². The van der Waals surface area contributed by atoms with Gasteiger partial charge in [0.05, 0.1) is 12.0 Å². The Morgan fingerprint density at radius 3 is 2.46 bits per heavy atom. The van der Waals surface area contributed by atoms with Crippen molar-refractivity contribution in [2.75, 3.05) is 0 Å². The summed E-state index contributed by atoms with van der Waals surface area (Å²) < 4.78 is 12.4. The number of fused-ring (bicyclic) bond motifs is 2. The molecule has 2 saturated heterocycles. The van der Waals surface area contributed by atoms with E-state index in [-0.39, 0.29) is 5.92 Å². The molecule has 5 rings (SSSR count). The van der Waals surface area contributed by atoms with Crippen molar-refractivity contribution in [3.63, 3.8) is 0 Å². The van der Waals surface area contributed by atoms with E-state index in [1.54, 1.807) is 0 Å². The van der Waals surface area contributed by atoms with Crippen LogP contribution in [0.1, 0.15) is 66.2 Å². The third-order valence-corrected chi connectivity index (χ3v) is 9.52. The second-order valence-corrected chi connectivity index (χ2v) is 10.2. The van der Waals surface area contributed by atoms with Crippen LogP contribution in [0, 0.1) is 22.7 Å². The van der Waals surface area contributed by atoms with Crippen molar-refractivity contribution in [2.45, 2.75) is 94.9 Å². The first-order valence-electron chi connectivity index (χ1n) is 10.0. The number of aliphatic hydroxyl groups excluding tert-OH is 1. The fourth-order valence-electron chi connectivity index (χ4n) is 7.82. The molecule has 146 valence electrons. The normalized spacial score (nSPS) is 62.6. The number of ether oxygens (including phenoxy) is 2. The topological polar surface area (TPSA) is 103 Å². The summed E-state index contributed by atoms with van der Waals surface area (Å²) in [5.41, 5.74) is -3.45. The maximum absolute atomic E-state index is 12.0. The van der Waals surface area contributed by atoms with Crippen molar-refractivity contribution in [3.8, 4) is 0 Å². The van der Waals surface area contributed by atoms with Gasteiger partial charge in [-0.3, -0.25) is 4.79 Å². The first kappa shape index (κ1) is 17.4. The van der Waals surface area contributed by atoms with Gasteiger partial charge in [0.25, 0.3) is 0 Å². The molecule has 0 aromatic carbocycles. The molecule has 0 aromatic heterocycles. The van der Waals surface area contributed by atoms with E-state index >= 15 is 0 Å². The Kier molecular flexibility index (Phi) is 2.89. The summed E-state index contributed by atoms with van der Waals surface area (Å²) in [7, 11) is 0. The highest BCUT2D eigenvalue weighted by molar-refractivity contribution is 5.72. The minimum atomic E-state index is -1.47. The molecule has 3 N–H and O–H groups in total. The molecule has 0 spiro atoms. The second kappa shape index (κ2) is 4.32. The molecule has 0 aromatic rings. The van der Waals surface area contributed by atoms with Gasteiger partial charge in [0, 0.05) is 5.41 Å². The monoisotopic (exact) mass is 366 g/mol. The number of carboxylic acids is 1. The van der Waals surface area contributed by atoms with Crippen molar-refractivity contribution < 1.29 is 29.6 Å². The van der Waals surface area contributed by atoms with Crippen molar-refractivity contribution in [2.24, 2.45) is 22.7 Å². The van der Waals surface area contributed by atoms with Crippen LogP contribution >= 0.6 is 0 Å². The Labute approximate surface area is 153 Å². The molecule has 5 fully saturated rings. The second-order valence-electron chi connectivity index (χ2n) is 10.2. The van der Waals surface area contributed by atoms with E-state index in [1.807, 2.05) is 20.8 Å². The Balaban J connectivity index is 1.65. The van der Waals surface area contributed by atoms with E-state index in [9.17, 15) is 20.1 Å². The molecule has 3 saturated carbocycles. The summed E-state index contributed by atoms with van der Waals surface area (Å²) in [5.74, 6) is -2.63. The Morgan fingerprint density at radius 1 is 1.15 bits per heavy atom. The van der Waals surface area contributed by atoms with Crippen molar-refractivity contribution in [3.05, 3.63) is 0 Å². The van der Waals surface area contributed by atoms with Gasteiger partial charge in [-0.1, -0.05) is 34.1 Å². The molecule has 8 atom stereocenters. The van der Waals surface area contributed by atoms with Gasteiger partial charge in [0.2, 0.25) is 5.79 Å². The summed E-state index contributed by atoms with van der Waals surface area (Å²) in [6, 6.07) is 0. The van der Waals surface area contributed by atoms with Gasteiger partial charge in [0.15, 0.2) is 5.60 Å². The van der Waals surface area contributed by atoms with E-state index in [0.717, 1.165) is 12.8 Å². The Morgan fingerprint density at radius 2 is 1.85 bits per heavy atom. The maximum atomic E-state index is 12.0. The van der Waals surface area contributed by atoms with Gasteiger partial charge in [-0.2, -0.15) is 0 Å². The van der Waals surface area contributed by atoms with Crippen LogP contribution in [0.3, 0.4) is 0 Å². The molecular weight excluding hydrogens is 336 g/mol. The zero-order valence-corrected chi connectivity index (χ0v) is 16.0. The van der Waals surface area contributed by atoms with Crippen molar-refractivity contribution in [1.82, 2.24) is 0 Å². The van der Waals surface area contributed by atoms with Crippen LogP contribution in [0.4, 0.5) is 0 Å². The number of carbonyl (C=O) groups is 1. The predicted octanol–water partition coefficient (Wildman–Crippen LogP) is 2.06. The van der Waals surface area contributed by atoms with Gasteiger partial charge in [-0.05, 0) is 43.4 Å². The molecule has 3 aliphatic carbocycles. The number of carboxylic acid groups (broad SMARTS) is 1. The third kappa shape index (κ3) is 1.33. The molecule has 5 unspecified atom stereocenters. The summed E-state index contributed by atoms with van der Waals surface area (Å²) in [4.78, 5) is 12.0. The summed E-state index contributed by atoms with van der Waals surface area (Å²) in [5, 5.41) is 32.6. The SMILES string of the molecule is CC(C)C12CCC34OC3([C@H](O)CC3(C)[C@H](C(=O)O)CCCC34C)[C@@]1(O)O2. The van der Waals surface area contributed by atoms with E-state index in [1.165, 1.54) is 0 Å². The van der Waals surface area contributed by atoms with Gasteiger partial charge in [-0.25, -0.2) is 0 Å². The molecule has 2 heterocycles. The zero-order chi connectivity index (χ0) is 19.0. The lowest BCUT2D eigenvalue weighted by Crippen LogP contribution is -2.70. The highest BCUT2D eigenvalue weighted by atomic mass is 16.8. The number of hydrogen-bond donors (Lipinski definition) is 3. The fraction of sp³-hybridized carbons (Fsp3) is 0.950. The first-order valence-corrected chi connectivity index (χ1v) is 10.0. The summed E-state index contributed by atoms with van der Waals surface area (Å²) in [6.07, 6.45) is 3.09. The Bertz CT molecular complexity index is 708. The molecule has 0 bridgehead atoms. The van der Waals surface area contributed by atoms with E-state index < -0.39 is 51.4 Å². The molecule has 26 heavy (non-hydrogen) atoms. The highest BCUT2D eigenvalue weighted by Crippen LogP contribution is 2.85. The van der Waals surface area contributed by atoms with Crippen LogP contribution in [0.15, 0.2) is 0 Å². The molecule has 6 nitrogen and oxygen atoms in total. The molecule has 6 heteroatoms. The largest absolute Gasteiger partial charge is 0.481 e. The molecular formula is C20H30O6. The number of epoxide rings is 2. The standard InChI is InChI=1S/C20H30O6/c1-11(2)17-8-9-18-16(4)7-5-6-12(14(22)23)15(16,3)10-13(21)19(18,26-18)20(17,24)25-17/h11-13,21,24H,5-10H2,1-4H3,(H,22,23)/t12-,13+,15?,16?,17?,18?,19?,20-/m0/s1. The minimum absolute atomic E-state index is 0.121. The van der Waals surface area contributed by atoms with Gasteiger partial charge < -0.3 is 24.8 Å². The minimum Gasteiger partial charge on any atom is -0.481 e. The highest BCUT2D eigenvalue weighted by Gasteiger charge is 3.01. The lowest BCUT2D eigenvalue weighted by atomic mass is 9.39. The Hall–Kier alpha value is -0.690. The predicted molar refractivity (Wildman–Crippen MR) is 91.2 cm³/mol. The van der Waals surface area contributed by atoms with Gasteiger partial charge in [0.1, 0.15) is 11.2 Å². The zero-order valence-electron chi connectivity index (χ0n) is 16.0. The van der Waals surface area contributed by atoms with E-state index in [0.29, 0.717) is 25.7 Å². The smallest absolute Gasteiger partial charge is 0.307 e. The van der Waals surface area contributed by atoms with Crippen molar-refractivity contribution in [1.29, 1.82) is 0 Å². The number of rotatable bonds is 2. The first-order chi connectivity index (χ1) is 12.0. The third-order valence-electron chi connectivity index (χ3n) is 9.52. The van der Waals surface area contributed by atoms with Crippen LogP contribution in [0.25, 0.3) is 0 Å². The number of aliphatic carboxylic acids is 1. The maximum Gasteiger partial charge on any atom is 0.307 e. The van der Waals surface area contributed by atoms with Gasteiger partial charge >= 0.3 is 5.97 Å². The lowest BCUT2D eigenvalue weighted by Gasteiger charge is -2.61. The molecule has 2 aliphatic heterocycles. The molecule has 5 aliphatic rings. The average Bonchev–Trinajstić information content (AvgIpc) is 3.39. The quantitative estimate of drug-likeness (QED) is 0.647. The summed E-state index contributed by atoms with van der Waals surface area (Å²) in [6.45, 7) is 8.21. The van der Waals surface area contributed by atoms with Gasteiger partial charge in [-0.15, -0.1) is 0 Å². The van der Waals surface area contributed by atoms with E-state index in [4.69, 9.17) is 9.47 Å². The molecule has 0 amide bonds.